The summed E-state index contributed by atoms with van der Waals surface area (Å²) in [5.74, 6) is 0.00878. The van der Waals surface area contributed by atoms with Gasteiger partial charge in [0.05, 0.1) is 5.75 Å². The molecule has 2 nitrogen and oxygen atoms in total. The maximum Gasteiger partial charge on any atom is 0.264 e. The summed E-state index contributed by atoms with van der Waals surface area (Å²) in [6, 6.07) is 9.49. The first-order valence-electron chi connectivity index (χ1n) is 4.95. The average Bonchev–Trinajstić information content (AvgIpc) is 2.26. The second-order valence-electron chi connectivity index (χ2n) is 3.67. The highest BCUT2D eigenvalue weighted by molar-refractivity contribution is 7.78. The quantitative estimate of drug-likeness (QED) is 0.853. The van der Waals surface area contributed by atoms with Crippen LogP contribution in [0.5, 0.6) is 0 Å². The van der Waals surface area contributed by atoms with E-state index in [0.29, 0.717) is 16.3 Å². The summed E-state index contributed by atoms with van der Waals surface area (Å²) in [6.07, 6.45) is -2.52. The molecule has 1 unspecified atom stereocenters. The maximum absolute atomic E-state index is 12.7. The monoisotopic (exact) mass is 256 g/mol. The zero-order valence-electron chi connectivity index (χ0n) is 8.77. The molecular weight excluding hydrogens is 246 g/mol. The molecule has 0 saturated heterocycles. The van der Waals surface area contributed by atoms with Gasteiger partial charge in [0.25, 0.3) is 6.43 Å². The molecule has 2 rings (SSSR count). The van der Waals surface area contributed by atoms with Crippen molar-refractivity contribution < 1.29 is 17.5 Å². The molecule has 0 amide bonds. The van der Waals surface area contributed by atoms with Gasteiger partial charge < -0.3 is 4.55 Å². The Morgan fingerprint density at radius 2 is 2.00 bits per heavy atom. The van der Waals surface area contributed by atoms with Crippen LogP contribution >= 0.6 is 0 Å². The highest BCUT2D eigenvalue weighted by Gasteiger charge is 2.11. The molecule has 0 saturated carbocycles. The van der Waals surface area contributed by atoms with Crippen LogP contribution in [0, 0.1) is 0 Å². The molecule has 0 aliphatic rings. The van der Waals surface area contributed by atoms with E-state index < -0.39 is 17.5 Å². The van der Waals surface area contributed by atoms with Gasteiger partial charge in [0, 0.05) is 5.56 Å². The fourth-order valence-electron chi connectivity index (χ4n) is 1.78. The molecule has 90 valence electrons. The van der Waals surface area contributed by atoms with E-state index in [9.17, 15) is 13.0 Å². The van der Waals surface area contributed by atoms with E-state index in [1.807, 2.05) is 0 Å². The van der Waals surface area contributed by atoms with Crippen LogP contribution in [-0.4, -0.2) is 8.76 Å². The Morgan fingerprint density at radius 3 is 2.65 bits per heavy atom. The van der Waals surface area contributed by atoms with Gasteiger partial charge in [-0.1, -0.05) is 36.4 Å². The van der Waals surface area contributed by atoms with Gasteiger partial charge in [-0.25, -0.2) is 13.0 Å². The number of alkyl halides is 2. The molecule has 0 spiro atoms. The zero-order valence-corrected chi connectivity index (χ0v) is 9.58. The largest absolute Gasteiger partial charge is 0.306 e. The molecule has 0 aliphatic heterocycles. The summed E-state index contributed by atoms with van der Waals surface area (Å²) in [7, 11) is 0. The molecule has 2 aromatic carbocycles. The fraction of sp³-hybridized carbons (Fsp3) is 0.167. The molecule has 0 bridgehead atoms. The highest BCUT2D eigenvalue weighted by Crippen LogP contribution is 2.28. The fourth-order valence-corrected chi connectivity index (χ4v) is 2.25. The lowest BCUT2D eigenvalue weighted by molar-refractivity contribution is 0.153. The Kier molecular flexibility index (Phi) is 3.49. The molecular formula is C12H10F2O2S. The Labute approximate surface area is 99.6 Å². The Morgan fingerprint density at radius 1 is 1.24 bits per heavy atom. The minimum Gasteiger partial charge on any atom is -0.306 e. The van der Waals surface area contributed by atoms with E-state index in [1.54, 1.807) is 30.3 Å². The van der Waals surface area contributed by atoms with E-state index in [-0.39, 0.29) is 11.3 Å². The zero-order chi connectivity index (χ0) is 12.4. The third-order valence-corrected chi connectivity index (χ3v) is 3.08. The number of hydrogen-bond donors (Lipinski definition) is 1. The van der Waals surface area contributed by atoms with Crippen molar-refractivity contribution in [1.82, 2.24) is 0 Å². The van der Waals surface area contributed by atoms with Gasteiger partial charge in [0.2, 0.25) is 0 Å². The summed E-state index contributed by atoms with van der Waals surface area (Å²) in [5.41, 5.74) is 0.643. The van der Waals surface area contributed by atoms with E-state index >= 15 is 0 Å². The number of rotatable bonds is 3. The smallest absolute Gasteiger partial charge is 0.264 e. The minimum absolute atomic E-state index is 0.00878. The van der Waals surface area contributed by atoms with Gasteiger partial charge in [-0.2, -0.15) is 0 Å². The molecule has 0 fully saturated rings. The van der Waals surface area contributed by atoms with Gasteiger partial charge in [0.1, 0.15) is 0 Å². The van der Waals surface area contributed by atoms with E-state index in [0.717, 1.165) is 0 Å². The topological polar surface area (TPSA) is 37.3 Å². The van der Waals surface area contributed by atoms with E-state index in [1.165, 1.54) is 6.07 Å². The van der Waals surface area contributed by atoms with Crippen LogP contribution in [0.1, 0.15) is 17.6 Å². The second kappa shape index (κ2) is 4.89. The summed E-state index contributed by atoms with van der Waals surface area (Å²) in [6.45, 7) is 0. The molecule has 0 aromatic heterocycles. The van der Waals surface area contributed by atoms with Gasteiger partial charge >= 0.3 is 0 Å². The van der Waals surface area contributed by atoms with E-state index in [2.05, 4.69) is 0 Å². The molecule has 1 N–H and O–H groups in total. The standard InChI is InChI=1S/C12H10F2O2S/c13-12(14)11-3-1-2-9-6-8(7-17(15)16)4-5-10(9)11/h1-6,12H,7H2,(H,15,16). The Hall–Kier alpha value is -1.33. The lowest BCUT2D eigenvalue weighted by Gasteiger charge is -2.07. The molecule has 0 aliphatic carbocycles. The van der Waals surface area contributed by atoms with Crippen LogP contribution in [0.3, 0.4) is 0 Å². The van der Waals surface area contributed by atoms with Crippen LogP contribution in [0.15, 0.2) is 36.4 Å². The molecule has 0 heterocycles. The van der Waals surface area contributed by atoms with Crippen molar-refractivity contribution in [2.45, 2.75) is 12.2 Å². The first-order chi connectivity index (χ1) is 8.08. The molecule has 17 heavy (non-hydrogen) atoms. The number of halogens is 2. The summed E-state index contributed by atoms with van der Waals surface area (Å²) in [5, 5.41) is 1.14. The van der Waals surface area contributed by atoms with Crippen molar-refractivity contribution in [3.63, 3.8) is 0 Å². The van der Waals surface area contributed by atoms with E-state index in [4.69, 9.17) is 4.55 Å². The third kappa shape index (κ3) is 2.68. The van der Waals surface area contributed by atoms with Crippen molar-refractivity contribution >= 4 is 21.9 Å². The van der Waals surface area contributed by atoms with Crippen LogP contribution in [-0.2, 0) is 16.8 Å². The summed E-state index contributed by atoms with van der Waals surface area (Å²) < 4.78 is 44.9. The average molecular weight is 256 g/mol. The molecule has 2 aromatic rings. The van der Waals surface area contributed by atoms with Crippen molar-refractivity contribution in [1.29, 1.82) is 0 Å². The van der Waals surface area contributed by atoms with Gasteiger partial charge in [-0.05, 0) is 16.3 Å². The maximum atomic E-state index is 12.7. The SMILES string of the molecule is O=S(O)Cc1ccc2c(C(F)F)cccc2c1. The van der Waals surface area contributed by atoms with Crippen LogP contribution in [0.2, 0.25) is 0 Å². The van der Waals surface area contributed by atoms with Crippen LogP contribution in [0.25, 0.3) is 10.8 Å². The molecule has 5 heteroatoms. The van der Waals surface area contributed by atoms with Crippen molar-refractivity contribution in [3.8, 4) is 0 Å². The van der Waals surface area contributed by atoms with Crippen molar-refractivity contribution in [3.05, 3.63) is 47.5 Å². The minimum atomic E-state index is -2.52. The van der Waals surface area contributed by atoms with Gasteiger partial charge in [-0.3, -0.25) is 0 Å². The number of fused-ring (bicyclic) bond motifs is 1. The van der Waals surface area contributed by atoms with Gasteiger partial charge in [-0.15, -0.1) is 0 Å². The summed E-state index contributed by atoms with van der Waals surface area (Å²) >= 11 is -1.92. The predicted molar refractivity (Wildman–Crippen MR) is 63.4 cm³/mol. The molecule has 1 atom stereocenters. The lowest BCUT2D eigenvalue weighted by atomic mass is 10.0. The van der Waals surface area contributed by atoms with Crippen LogP contribution in [0.4, 0.5) is 8.78 Å². The van der Waals surface area contributed by atoms with Gasteiger partial charge in [0.15, 0.2) is 11.1 Å². The lowest BCUT2D eigenvalue weighted by Crippen LogP contribution is -1.93. The normalized spacial score (nSPS) is 13.2. The Balaban J connectivity index is 2.53. The van der Waals surface area contributed by atoms with Crippen LogP contribution < -0.4 is 0 Å². The third-order valence-electron chi connectivity index (χ3n) is 2.50. The van der Waals surface area contributed by atoms with Crippen molar-refractivity contribution in [2.24, 2.45) is 0 Å². The summed E-state index contributed by atoms with van der Waals surface area (Å²) in [4.78, 5) is 0. The first-order valence-corrected chi connectivity index (χ1v) is 6.22. The second-order valence-corrected chi connectivity index (χ2v) is 4.60. The number of hydrogen-bond acceptors (Lipinski definition) is 1. The number of benzene rings is 2. The predicted octanol–water partition coefficient (Wildman–Crippen LogP) is 3.50. The first kappa shape index (κ1) is 12.1. The van der Waals surface area contributed by atoms with Crippen molar-refractivity contribution in [2.75, 3.05) is 0 Å². The Bertz CT molecular complexity index is 569. The highest BCUT2D eigenvalue weighted by atomic mass is 32.2. The molecule has 0 radical (unpaired) electrons.